The first kappa shape index (κ1) is 48.7. The highest BCUT2D eigenvalue weighted by Crippen LogP contribution is 2.40. The fraction of sp³-hybridized carbons (Fsp3) is 0.333. The van der Waals surface area contributed by atoms with E-state index in [-0.39, 0.29) is 43.9 Å². The first-order chi connectivity index (χ1) is 34.0. The third-order valence-electron chi connectivity index (χ3n) is 13.6. The highest BCUT2D eigenvalue weighted by Gasteiger charge is 2.44. The fourth-order valence-corrected chi connectivity index (χ4v) is 10.2. The van der Waals surface area contributed by atoms with Crippen molar-refractivity contribution < 1.29 is 24.3 Å². The van der Waals surface area contributed by atoms with Crippen molar-refractivity contribution in [1.82, 2.24) is 45.4 Å². The second-order valence-electron chi connectivity index (χ2n) is 19.7. The number of hydrogen-bond donors (Lipinski definition) is 6. The number of nitrogens with zero attached hydrogens (tertiary/aromatic N) is 6. The van der Waals surface area contributed by atoms with Gasteiger partial charge in [0.25, 0.3) is 0 Å². The summed E-state index contributed by atoms with van der Waals surface area (Å²) in [6, 6.07) is 29.5. The van der Waals surface area contributed by atoms with E-state index in [0.29, 0.717) is 40.5 Å². The molecule has 0 radical (unpaired) electrons. The molecule has 3 atom stereocenters. The Balaban J connectivity index is 0.819. The highest BCUT2D eigenvalue weighted by atomic mass is 32.1. The number of fused-ring (bicyclic) bond motifs is 1. The molecule has 3 aromatic carbocycles. The lowest BCUT2D eigenvalue weighted by atomic mass is 9.73. The number of likely N-dealkylation sites (tertiary alicyclic amines) is 1. The molecule has 1 saturated carbocycles. The Morgan fingerprint density at radius 1 is 0.887 bits per heavy atom. The number of aromatic nitrogens is 5. The lowest BCUT2D eigenvalue weighted by Gasteiger charge is -2.38. The van der Waals surface area contributed by atoms with Gasteiger partial charge in [-0.1, -0.05) is 75.4 Å². The van der Waals surface area contributed by atoms with Crippen molar-refractivity contribution in [3.8, 4) is 38.8 Å². The van der Waals surface area contributed by atoms with Gasteiger partial charge in [-0.2, -0.15) is 0 Å². The molecule has 0 bridgehead atoms. The number of nitrogens with two attached hydrogens (primary N) is 2. The van der Waals surface area contributed by atoms with E-state index in [1.165, 1.54) is 4.90 Å². The number of anilines is 1. The Bertz CT molecular complexity index is 3100. The van der Waals surface area contributed by atoms with Gasteiger partial charge in [-0.25, -0.2) is 19.9 Å². The zero-order valence-corrected chi connectivity index (χ0v) is 41.1. The summed E-state index contributed by atoms with van der Waals surface area (Å²) in [6.07, 6.45) is 4.32. The molecule has 0 unspecified atom stereocenters. The van der Waals surface area contributed by atoms with Gasteiger partial charge in [0, 0.05) is 48.9 Å². The number of pyridine rings is 2. The van der Waals surface area contributed by atoms with Crippen molar-refractivity contribution >= 4 is 51.9 Å². The van der Waals surface area contributed by atoms with Crippen LogP contribution < -0.4 is 27.4 Å². The van der Waals surface area contributed by atoms with E-state index in [4.69, 9.17) is 21.4 Å². The summed E-state index contributed by atoms with van der Waals surface area (Å²) in [5, 5.41) is 19.1. The molecule has 2 fully saturated rings. The maximum Gasteiger partial charge on any atom is 0.246 e. The fourth-order valence-electron chi connectivity index (χ4n) is 9.34. The second-order valence-corrected chi connectivity index (χ2v) is 20.6. The lowest BCUT2D eigenvalue weighted by molar-refractivity contribution is -0.144. The highest BCUT2D eigenvalue weighted by molar-refractivity contribution is 7.13. The average Bonchev–Trinajstić information content (AvgIpc) is 4.08. The van der Waals surface area contributed by atoms with E-state index in [0.717, 1.165) is 63.3 Å². The Labute approximate surface area is 416 Å². The number of nitrogens with one attached hydrogen (secondary N) is 3. The molecular formula is C54H59N11O5S. The molecule has 1 saturated heterocycles. The number of nitrogen functional groups attached to an aromatic ring is 1. The number of thiazole rings is 1. The predicted octanol–water partition coefficient (Wildman–Crippen LogP) is 6.36. The summed E-state index contributed by atoms with van der Waals surface area (Å²) in [5.41, 5.74) is 23.1. The minimum Gasteiger partial charge on any atom is -0.391 e. The number of amides is 4. The minimum atomic E-state index is -1.04. The quantitative estimate of drug-likeness (QED) is 0.0661. The summed E-state index contributed by atoms with van der Waals surface area (Å²) >= 11 is 1.57. The van der Waals surface area contributed by atoms with Crippen LogP contribution in [-0.4, -0.2) is 89.4 Å². The number of aliphatic hydroxyl groups excluding tert-OH is 1. The molecule has 17 heteroatoms. The van der Waals surface area contributed by atoms with E-state index in [1.54, 1.807) is 17.5 Å². The Hall–Kier alpha value is -7.34. The van der Waals surface area contributed by atoms with Gasteiger partial charge >= 0.3 is 0 Å². The van der Waals surface area contributed by atoms with Crippen LogP contribution in [0.1, 0.15) is 75.3 Å². The van der Waals surface area contributed by atoms with Gasteiger partial charge in [0.1, 0.15) is 23.4 Å². The first-order valence-corrected chi connectivity index (χ1v) is 24.8. The number of imidazole rings is 1. The molecule has 7 aromatic rings. The van der Waals surface area contributed by atoms with Gasteiger partial charge < -0.3 is 37.4 Å². The molecule has 1 aliphatic heterocycles. The zero-order chi connectivity index (χ0) is 50.0. The molecule has 71 heavy (non-hydrogen) atoms. The van der Waals surface area contributed by atoms with Crippen LogP contribution in [0.2, 0.25) is 0 Å². The van der Waals surface area contributed by atoms with Gasteiger partial charge in [-0.05, 0) is 103 Å². The van der Waals surface area contributed by atoms with Crippen molar-refractivity contribution in [1.29, 1.82) is 0 Å². The van der Waals surface area contributed by atoms with E-state index in [1.807, 2.05) is 123 Å². The van der Waals surface area contributed by atoms with Gasteiger partial charge in [0.15, 0.2) is 11.5 Å². The Morgan fingerprint density at radius 2 is 1.66 bits per heavy atom. The van der Waals surface area contributed by atoms with Crippen molar-refractivity contribution in [2.75, 3.05) is 18.8 Å². The third-order valence-corrected chi connectivity index (χ3v) is 14.5. The van der Waals surface area contributed by atoms with Crippen LogP contribution in [0.5, 0.6) is 0 Å². The summed E-state index contributed by atoms with van der Waals surface area (Å²) in [5.74, 6) is -0.819. The van der Waals surface area contributed by atoms with Gasteiger partial charge in [0.2, 0.25) is 23.6 Å². The summed E-state index contributed by atoms with van der Waals surface area (Å²) < 4.78 is 1.99. The van der Waals surface area contributed by atoms with E-state index < -0.39 is 41.3 Å². The molecule has 366 valence electrons. The maximum atomic E-state index is 14.1. The summed E-state index contributed by atoms with van der Waals surface area (Å²) in [6.45, 7) is 7.22. The number of carbonyl (C=O) groups is 4. The Kier molecular flexibility index (Phi) is 13.8. The summed E-state index contributed by atoms with van der Waals surface area (Å²) in [7, 11) is 0. The molecule has 0 spiro atoms. The average molecular weight is 974 g/mol. The molecular weight excluding hydrogens is 915 g/mol. The Morgan fingerprint density at radius 3 is 2.35 bits per heavy atom. The van der Waals surface area contributed by atoms with Crippen LogP contribution in [0, 0.1) is 12.3 Å². The van der Waals surface area contributed by atoms with Crippen LogP contribution in [0.4, 0.5) is 5.82 Å². The van der Waals surface area contributed by atoms with Crippen LogP contribution in [0.25, 0.3) is 49.9 Å². The SMILES string of the molecule is Cc1ncsc1-c1ccc(CNC(=O)[C@@H]2C[C@@H](O)CN2C(=O)[C@@H](NC(=O)CNC(=O)CCc2cccc(-c3ccc4nc(-c5cccnc5N)n(-c5ccc(C6(N)CCC6)cc5)c4n3)c2)C(C)(C)C)cc1. The van der Waals surface area contributed by atoms with E-state index in [9.17, 15) is 24.3 Å². The van der Waals surface area contributed by atoms with Crippen molar-refractivity contribution in [2.45, 2.75) is 96.5 Å². The number of carbonyl (C=O) groups excluding carboxylic acids is 4. The smallest absolute Gasteiger partial charge is 0.246 e. The molecule has 9 rings (SSSR count). The lowest BCUT2D eigenvalue weighted by Crippen LogP contribution is -2.58. The molecule has 16 nitrogen and oxygen atoms in total. The van der Waals surface area contributed by atoms with Crippen LogP contribution in [-0.2, 0) is 37.7 Å². The first-order valence-electron chi connectivity index (χ1n) is 24.0. The van der Waals surface area contributed by atoms with Gasteiger partial charge in [-0.15, -0.1) is 11.3 Å². The molecule has 5 heterocycles. The van der Waals surface area contributed by atoms with E-state index in [2.05, 4.69) is 38.1 Å². The van der Waals surface area contributed by atoms with Crippen LogP contribution >= 0.6 is 11.3 Å². The number of hydrogen-bond acceptors (Lipinski definition) is 12. The monoisotopic (exact) mass is 973 g/mol. The number of benzene rings is 3. The zero-order valence-electron chi connectivity index (χ0n) is 40.3. The standard InChI is InChI=1S/C54H59N11O5S/c1-32-46(71-31-60-32)35-14-11-34(12-15-35)28-59-51(69)43-27-39(66)30-64(43)52(70)47(53(2,3)4)63-45(68)29-58-44(67)22-13-33-8-5-9-36(26-33)41-20-21-42-50(61-41)65(49(62-42)40-10-6-25-57-48(40)55)38-18-16-37(17-19-38)54(56)23-7-24-54/h5-6,8-12,14-21,25-26,31,39,43,47,66H,7,13,22-24,27-30,56H2,1-4H3,(H2,55,57)(H,58,67)(H,59,69)(H,63,68)/t39-,43+,47-/m1/s1. The third kappa shape index (κ3) is 10.6. The minimum absolute atomic E-state index is 0.0528. The number of β-amino-alcohol motifs (C(OH)–C–C–N with tert-alkyl or cyclic N) is 1. The van der Waals surface area contributed by atoms with Crippen molar-refractivity contribution in [2.24, 2.45) is 11.1 Å². The van der Waals surface area contributed by atoms with Crippen LogP contribution in [0.15, 0.2) is 109 Å². The second kappa shape index (κ2) is 20.2. The molecule has 4 amide bonds. The molecule has 4 aromatic heterocycles. The normalized spacial score (nSPS) is 16.8. The topological polar surface area (TPSA) is 236 Å². The van der Waals surface area contributed by atoms with Gasteiger partial charge in [-0.3, -0.25) is 23.7 Å². The predicted molar refractivity (Wildman–Crippen MR) is 275 cm³/mol. The maximum absolute atomic E-state index is 14.1. The molecule has 1 aliphatic carbocycles. The number of rotatable bonds is 15. The van der Waals surface area contributed by atoms with Crippen molar-refractivity contribution in [3.63, 3.8) is 0 Å². The summed E-state index contributed by atoms with van der Waals surface area (Å²) in [4.78, 5) is 75.4. The molecule has 2 aliphatic rings. The van der Waals surface area contributed by atoms with Crippen molar-refractivity contribution in [3.05, 3.63) is 131 Å². The van der Waals surface area contributed by atoms with Gasteiger partial charge in [0.05, 0.1) is 40.0 Å². The largest absolute Gasteiger partial charge is 0.391 e. The molecule has 8 N–H and O–H groups in total. The number of aryl methyl sites for hydroxylation is 2. The number of aliphatic hydroxyl groups is 1. The van der Waals surface area contributed by atoms with E-state index >= 15 is 0 Å². The van der Waals surface area contributed by atoms with Crippen LogP contribution in [0.3, 0.4) is 0 Å².